The van der Waals surface area contributed by atoms with Crippen LogP contribution in [0, 0.1) is 0 Å². The predicted molar refractivity (Wildman–Crippen MR) is 117 cm³/mol. The summed E-state index contributed by atoms with van der Waals surface area (Å²) >= 11 is 0. The van der Waals surface area contributed by atoms with Crippen LogP contribution in [0.15, 0.2) is 71.8 Å². The highest BCUT2D eigenvalue weighted by molar-refractivity contribution is 7.92. The monoisotopic (exact) mass is 423 g/mol. The van der Waals surface area contributed by atoms with E-state index in [0.29, 0.717) is 12.4 Å². The van der Waals surface area contributed by atoms with Gasteiger partial charge in [0.1, 0.15) is 11.6 Å². The van der Waals surface area contributed by atoms with Gasteiger partial charge < -0.3 is 10.1 Å². The van der Waals surface area contributed by atoms with Crippen molar-refractivity contribution in [2.75, 3.05) is 17.9 Å². The molecule has 0 radical (unpaired) electrons. The van der Waals surface area contributed by atoms with Crippen molar-refractivity contribution in [1.29, 1.82) is 0 Å². The van der Waals surface area contributed by atoms with Crippen LogP contribution in [0.2, 0.25) is 0 Å². The smallest absolute Gasteiger partial charge is 0.263 e. The molecule has 0 bridgehead atoms. The summed E-state index contributed by atoms with van der Waals surface area (Å²) in [6, 6.07) is 18.9. The highest BCUT2D eigenvalue weighted by Crippen LogP contribution is 2.21. The lowest BCUT2D eigenvalue weighted by Crippen LogP contribution is -2.24. The van der Waals surface area contributed by atoms with Crippen LogP contribution in [0.1, 0.15) is 23.1 Å². The van der Waals surface area contributed by atoms with Crippen molar-refractivity contribution >= 4 is 15.8 Å². The molecule has 1 aliphatic heterocycles. The molecule has 4 rings (SSSR count). The Labute approximate surface area is 177 Å². The lowest BCUT2D eigenvalue weighted by molar-refractivity contribution is 0.310. The van der Waals surface area contributed by atoms with Crippen molar-refractivity contribution < 1.29 is 13.2 Å². The Kier molecular flexibility index (Phi) is 6.30. The van der Waals surface area contributed by atoms with Gasteiger partial charge in [-0.25, -0.2) is 13.4 Å². The van der Waals surface area contributed by atoms with Gasteiger partial charge in [-0.3, -0.25) is 4.72 Å². The minimum atomic E-state index is -3.68. The van der Waals surface area contributed by atoms with Gasteiger partial charge in [0.25, 0.3) is 10.0 Å². The SMILES string of the molecule is O=S(=O)(Nc1ccc(OCCCc2ccccc2)cn1)c1ccc2c(c1)CCNC2. The molecule has 0 saturated heterocycles. The average molecular weight is 424 g/mol. The molecule has 1 aromatic heterocycles. The van der Waals surface area contributed by atoms with E-state index in [4.69, 9.17) is 4.74 Å². The second-order valence-corrected chi connectivity index (χ2v) is 8.96. The predicted octanol–water partition coefficient (Wildman–Crippen LogP) is 3.54. The van der Waals surface area contributed by atoms with E-state index in [9.17, 15) is 8.42 Å². The topological polar surface area (TPSA) is 80.3 Å². The lowest BCUT2D eigenvalue weighted by Gasteiger charge is -2.18. The van der Waals surface area contributed by atoms with Gasteiger partial charge in [-0.2, -0.15) is 0 Å². The van der Waals surface area contributed by atoms with Gasteiger partial charge in [0.05, 0.1) is 17.7 Å². The Hall–Kier alpha value is -2.90. The normalized spacial score (nSPS) is 13.5. The first kappa shape index (κ1) is 20.4. The minimum absolute atomic E-state index is 0.256. The highest BCUT2D eigenvalue weighted by Gasteiger charge is 2.18. The fraction of sp³-hybridized carbons (Fsp3) is 0.261. The zero-order chi connectivity index (χ0) is 20.8. The van der Waals surface area contributed by atoms with Crippen LogP contribution in [0.3, 0.4) is 0 Å². The molecule has 0 amide bonds. The molecule has 6 nitrogen and oxygen atoms in total. The second kappa shape index (κ2) is 9.28. The standard InChI is InChI=1S/C23H25N3O3S/c27-30(28,22-10-8-20-16-24-13-12-19(20)15-22)26-23-11-9-21(17-25-23)29-14-4-7-18-5-2-1-3-6-18/h1-3,5-6,8-11,15,17,24H,4,7,12-14,16H2,(H,25,26). The first-order valence-electron chi connectivity index (χ1n) is 10.1. The summed E-state index contributed by atoms with van der Waals surface area (Å²) in [5, 5.41) is 3.28. The minimum Gasteiger partial charge on any atom is -0.492 e. The van der Waals surface area contributed by atoms with E-state index in [0.717, 1.165) is 43.5 Å². The number of pyridine rings is 1. The summed E-state index contributed by atoms with van der Waals surface area (Å²) in [6.07, 6.45) is 4.21. The van der Waals surface area contributed by atoms with E-state index < -0.39 is 10.0 Å². The van der Waals surface area contributed by atoms with Crippen molar-refractivity contribution in [3.63, 3.8) is 0 Å². The zero-order valence-corrected chi connectivity index (χ0v) is 17.5. The van der Waals surface area contributed by atoms with E-state index in [2.05, 4.69) is 27.2 Å². The largest absolute Gasteiger partial charge is 0.492 e. The highest BCUT2D eigenvalue weighted by atomic mass is 32.2. The molecule has 3 aromatic rings. The number of hydrogen-bond acceptors (Lipinski definition) is 5. The van der Waals surface area contributed by atoms with E-state index in [1.54, 1.807) is 30.5 Å². The number of aromatic nitrogens is 1. The van der Waals surface area contributed by atoms with Gasteiger partial charge in [0.2, 0.25) is 0 Å². The molecule has 0 spiro atoms. The van der Waals surface area contributed by atoms with Crippen LogP contribution < -0.4 is 14.8 Å². The number of aryl methyl sites for hydroxylation is 1. The summed E-state index contributed by atoms with van der Waals surface area (Å²) in [7, 11) is -3.68. The molecule has 156 valence electrons. The number of hydrogen-bond donors (Lipinski definition) is 2. The van der Waals surface area contributed by atoms with Crippen molar-refractivity contribution in [1.82, 2.24) is 10.3 Å². The van der Waals surface area contributed by atoms with Crippen molar-refractivity contribution in [2.24, 2.45) is 0 Å². The molecule has 2 N–H and O–H groups in total. The maximum Gasteiger partial charge on any atom is 0.263 e. The summed E-state index contributed by atoms with van der Waals surface area (Å²) in [6.45, 7) is 2.21. The molecule has 0 atom stereocenters. The third-order valence-electron chi connectivity index (χ3n) is 5.07. The Balaban J connectivity index is 1.32. The molecule has 30 heavy (non-hydrogen) atoms. The number of sulfonamides is 1. The molecular formula is C23H25N3O3S. The van der Waals surface area contributed by atoms with Crippen molar-refractivity contribution in [3.8, 4) is 5.75 Å². The van der Waals surface area contributed by atoms with Gasteiger partial charge in [-0.1, -0.05) is 36.4 Å². The second-order valence-electron chi connectivity index (χ2n) is 7.28. The Bertz CT molecular complexity index is 1080. The van der Waals surface area contributed by atoms with Crippen LogP contribution in [-0.4, -0.2) is 26.6 Å². The fourth-order valence-electron chi connectivity index (χ4n) is 3.45. The molecule has 2 heterocycles. The first-order valence-corrected chi connectivity index (χ1v) is 11.6. The summed E-state index contributed by atoms with van der Waals surface area (Å²) in [5.41, 5.74) is 3.50. The van der Waals surface area contributed by atoms with Crippen LogP contribution in [-0.2, 0) is 29.4 Å². The molecule has 7 heteroatoms. The molecule has 0 unspecified atom stereocenters. The van der Waals surface area contributed by atoms with Gasteiger partial charge >= 0.3 is 0 Å². The van der Waals surface area contributed by atoms with E-state index >= 15 is 0 Å². The summed E-state index contributed by atoms with van der Waals surface area (Å²) < 4.78 is 33.7. The van der Waals surface area contributed by atoms with Gasteiger partial charge in [0.15, 0.2) is 0 Å². The molecule has 0 aliphatic carbocycles. The van der Waals surface area contributed by atoms with Crippen LogP contribution in [0.4, 0.5) is 5.82 Å². The molecule has 0 saturated carbocycles. The summed E-state index contributed by atoms with van der Waals surface area (Å²) in [4.78, 5) is 4.44. The lowest BCUT2D eigenvalue weighted by atomic mass is 10.0. The Morgan fingerprint density at radius 3 is 2.70 bits per heavy atom. The number of benzene rings is 2. The van der Waals surface area contributed by atoms with Crippen molar-refractivity contribution in [2.45, 2.75) is 30.7 Å². The van der Waals surface area contributed by atoms with Crippen molar-refractivity contribution in [3.05, 3.63) is 83.6 Å². The Morgan fingerprint density at radius 1 is 1.03 bits per heavy atom. The average Bonchev–Trinajstić information content (AvgIpc) is 2.78. The van der Waals surface area contributed by atoms with E-state index in [1.165, 1.54) is 5.56 Å². The fourth-order valence-corrected chi connectivity index (χ4v) is 4.51. The Morgan fingerprint density at radius 2 is 1.90 bits per heavy atom. The molecule has 0 fully saturated rings. The number of fused-ring (bicyclic) bond motifs is 1. The van der Waals surface area contributed by atoms with E-state index in [1.807, 2.05) is 24.3 Å². The quantitative estimate of drug-likeness (QED) is 0.542. The van der Waals surface area contributed by atoms with Gasteiger partial charge in [-0.05, 0) is 66.8 Å². The molecular weight excluding hydrogens is 398 g/mol. The number of nitrogens with zero attached hydrogens (tertiary/aromatic N) is 1. The van der Waals surface area contributed by atoms with Crippen LogP contribution in [0.5, 0.6) is 5.75 Å². The molecule has 1 aliphatic rings. The summed E-state index contributed by atoms with van der Waals surface area (Å²) in [5.74, 6) is 0.887. The number of ether oxygens (including phenoxy) is 1. The van der Waals surface area contributed by atoms with Gasteiger partial charge in [0, 0.05) is 6.54 Å². The maximum absolute atomic E-state index is 12.7. The molecule has 2 aromatic carbocycles. The number of nitrogens with one attached hydrogen (secondary N) is 2. The van der Waals surface area contributed by atoms with Crippen LogP contribution in [0.25, 0.3) is 0 Å². The third kappa shape index (κ3) is 5.17. The van der Waals surface area contributed by atoms with E-state index in [-0.39, 0.29) is 10.7 Å². The zero-order valence-electron chi connectivity index (χ0n) is 16.7. The number of rotatable bonds is 8. The maximum atomic E-state index is 12.7. The third-order valence-corrected chi connectivity index (χ3v) is 6.42. The van der Waals surface area contributed by atoms with Gasteiger partial charge in [-0.15, -0.1) is 0 Å². The van der Waals surface area contributed by atoms with Crippen LogP contribution >= 0.6 is 0 Å². The number of anilines is 1. The first-order chi connectivity index (χ1) is 14.6.